The van der Waals surface area contributed by atoms with Gasteiger partial charge in [0.1, 0.15) is 0 Å². The first-order valence-corrected chi connectivity index (χ1v) is 7.59. The molecule has 0 saturated carbocycles. The molecule has 0 unspecified atom stereocenters. The third-order valence-electron chi connectivity index (χ3n) is 3.17. The maximum atomic E-state index is 5.87. The number of hydrogen-bond donors (Lipinski definition) is 1. The number of thioether (sulfide) groups is 1. The molecule has 0 fully saturated rings. The number of rotatable bonds is 6. The third kappa shape index (κ3) is 3.50. The number of aromatic nitrogens is 3. The molecule has 0 saturated heterocycles. The van der Waals surface area contributed by atoms with Gasteiger partial charge in [0.25, 0.3) is 0 Å². The zero-order valence-electron chi connectivity index (χ0n) is 11.4. The molecule has 0 aliphatic heterocycles. The number of anilines is 1. The van der Waals surface area contributed by atoms with Crippen molar-refractivity contribution in [3.63, 3.8) is 0 Å². The number of nitrogens with two attached hydrogens (primary N) is 1. The van der Waals surface area contributed by atoms with E-state index in [1.54, 1.807) is 24.2 Å². The van der Waals surface area contributed by atoms with Crippen molar-refractivity contribution in [2.24, 2.45) is 0 Å². The van der Waals surface area contributed by atoms with Gasteiger partial charge in [-0.3, -0.25) is 9.67 Å². The minimum Gasteiger partial charge on any atom is -0.397 e. The van der Waals surface area contributed by atoms with Crippen LogP contribution in [0.1, 0.15) is 38.4 Å². The monoisotopic (exact) mass is 276 g/mol. The zero-order chi connectivity index (χ0) is 13.7. The predicted molar refractivity (Wildman–Crippen MR) is 80.1 cm³/mol. The highest BCUT2D eigenvalue weighted by Gasteiger charge is 2.08. The van der Waals surface area contributed by atoms with Gasteiger partial charge in [-0.15, -0.1) is 11.8 Å². The van der Waals surface area contributed by atoms with E-state index in [2.05, 4.69) is 40.9 Å². The van der Waals surface area contributed by atoms with Crippen molar-refractivity contribution < 1.29 is 0 Å². The van der Waals surface area contributed by atoms with Crippen LogP contribution < -0.4 is 5.73 Å². The van der Waals surface area contributed by atoms with Crippen molar-refractivity contribution in [3.8, 4) is 0 Å². The quantitative estimate of drug-likeness (QED) is 0.820. The molecule has 0 aliphatic carbocycles. The first-order chi connectivity index (χ1) is 9.24. The zero-order valence-corrected chi connectivity index (χ0v) is 12.2. The summed E-state index contributed by atoms with van der Waals surface area (Å²) in [5.74, 6) is 0.835. The largest absolute Gasteiger partial charge is 0.397 e. The molecule has 0 aliphatic rings. The molecule has 0 bridgehead atoms. The summed E-state index contributed by atoms with van der Waals surface area (Å²) in [6.45, 7) is 4.39. The third-order valence-corrected chi connectivity index (χ3v) is 4.29. The fourth-order valence-corrected chi connectivity index (χ4v) is 2.83. The summed E-state index contributed by atoms with van der Waals surface area (Å²) in [6.07, 6.45) is 7.75. The Labute approximate surface area is 118 Å². The molecule has 4 nitrogen and oxygen atoms in total. The summed E-state index contributed by atoms with van der Waals surface area (Å²) in [4.78, 5) is 5.05. The highest BCUT2D eigenvalue weighted by molar-refractivity contribution is 7.98. The first kappa shape index (κ1) is 13.9. The summed E-state index contributed by atoms with van der Waals surface area (Å²) in [5, 5.41) is 4.64. The van der Waals surface area contributed by atoms with Gasteiger partial charge in [-0.1, -0.05) is 13.8 Å². The van der Waals surface area contributed by atoms with Crippen molar-refractivity contribution in [2.45, 2.75) is 43.4 Å². The molecule has 2 aromatic heterocycles. The molecular formula is C14H20N4S. The number of nitrogen functional groups attached to an aromatic ring is 1. The average molecular weight is 276 g/mol. The van der Waals surface area contributed by atoms with Crippen LogP contribution in [0.3, 0.4) is 0 Å². The second kappa shape index (κ2) is 6.61. The average Bonchev–Trinajstić information content (AvgIpc) is 2.88. The Bertz CT molecular complexity index is 520. The molecule has 19 heavy (non-hydrogen) atoms. The lowest BCUT2D eigenvalue weighted by atomic mass is 10.2. The van der Waals surface area contributed by atoms with Gasteiger partial charge in [0.2, 0.25) is 0 Å². The Morgan fingerprint density at radius 1 is 1.32 bits per heavy atom. The Morgan fingerprint density at radius 2 is 2.11 bits per heavy atom. The number of nitrogens with zero attached hydrogens (tertiary/aromatic N) is 3. The van der Waals surface area contributed by atoms with Gasteiger partial charge in [-0.2, -0.15) is 5.10 Å². The standard InChI is InChI=1S/C14H20N4S/c1-3-12(4-2)18-8-6-11(17-18)10-19-14-5-7-16-9-13(14)15/h5-9,12H,3-4,10,15H2,1-2H3. The van der Waals surface area contributed by atoms with E-state index in [9.17, 15) is 0 Å². The van der Waals surface area contributed by atoms with Crippen LogP contribution in [0.15, 0.2) is 35.6 Å². The van der Waals surface area contributed by atoms with E-state index in [0.29, 0.717) is 6.04 Å². The minimum atomic E-state index is 0.504. The highest BCUT2D eigenvalue weighted by atomic mass is 32.2. The van der Waals surface area contributed by atoms with E-state index >= 15 is 0 Å². The van der Waals surface area contributed by atoms with Crippen LogP contribution in [0.25, 0.3) is 0 Å². The Balaban J connectivity index is 1.99. The molecule has 2 heterocycles. The molecule has 0 spiro atoms. The van der Waals surface area contributed by atoms with E-state index in [1.807, 2.05) is 6.07 Å². The second-order valence-corrected chi connectivity index (χ2v) is 5.48. The summed E-state index contributed by atoms with van der Waals surface area (Å²) in [7, 11) is 0. The van der Waals surface area contributed by atoms with Crippen LogP contribution >= 0.6 is 11.8 Å². The fourth-order valence-electron chi connectivity index (χ4n) is 2.00. The van der Waals surface area contributed by atoms with Crippen LogP contribution in [0, 0.1) is 0 Å². The lowest BCUT2D eigenvalue weighted by Gasteiger charge is -2.12. The summed E-state index contributed by atoms with van der Waals surface area (Å²) in [6, 6.07) is 4.53. The number of pyridine rings is 1. The fraction of sp³-hybridized carbons (Fsp3) is 0.429. The smallest absolute Gasteiger partial charge is 0.0727 e. The van der Waals surface area contributed by atoms with Crippen LogP contribution in [0.2, 0.25) is 0 Å². The summed E-state index contributed by atoms with van der Waals surface area (Å²) < 4.78 is 2.08. The Hall–Kier alpha value is -1.49. The van der Waals surface area contributed by atoms with Crippen molar-refractivity contribution >= 4 is 17.4 Å². The van der Waals surface area contributed by atoms with Gasteiger partial charge in [-0.25, -0.2) is 0 Å². The molecule has 2 rings (SSSR count). The minimum absolute atomic E-state index is 0.504. The Morgan fingerprint density at radius 3 is 2.79 bits per heavy atom. The van der Waals surface area contributed by atoms with Crippen molar-refractivity contribution in [1.29, 1.82) is 0 Å². The van der Waals surface area contributed by atoms with Crippen LogP contribution in [0.4, 0.5) is 5.69 Å². The van der Waals surface area contributed by atoms with E-state index in [1.165, 1.54) is 0 Å². The van der Waals surface area contributed by atoms with Crippen LogP contribution in [-0.4, -0.2) is 14.8 Å². The van der Waals surface area contributed by atoms with Gasteiger partial charge in [-0.05, 0) is 25.0 Å². The van der Waals surface area contributed by atoms with E-state index in [0.717, 1.165) is 34.9 Å². The summed E-state index contributed by atoms with van der Waals surface area (Å²) in [5.41, 5.74) is 7.69. The topological polar surface area (TPSA) is 56.7 Å². The maximum Gasteiger partial charge on any atom is 0.0727 e. The SMILES string of the molecule is CCC(CC)n1ccc(CSc2ccncc2N)n1. The first-order valence-electron chi connectivity index (χ1n) is 6.60. The second-order valence-electron chi connectivity index (χ2n) is 4.46. The van der Waals surface area contributed by atoms with Gasteiger partial charge < -0.3 is 5.73 Å². The molecule has 102 valence electrons. The lowest BCUT2D eigenvalue weighted by molar-refractivity contribution is 0.426. The Kier molecular flexibility index (Phi) is 4.85. The van der Waals surface area contributed by atoms with Crippen LogP contribution in [0.5, 0.6) is 0 Å². The molecule has 0 atom stereocenters. The molecular weight excluding hydrogens is 256 g/mol. The van der Waals surface area contributed by atoms with E-state index < -0.39 is 0 Å². The van der Waals surface area contributed by atoms with E-state index in [4.69, 9.17) is 5.73 Å². The van der Waals surface area contributed by atoms with Crippen molar-refractivity contribution in [1.82, 2.24) is 14.8 Å². The molecule has 0 amide bonds. The van der Waals surface area contributed by atoms with Crippen molar-refractivity contribution in [2.75, 3.05) is 5.73 Å². The molecule has 0 aromatic carbocycles. The van der Waals surface area contributed by atoms with Gasteiger partial charge in [0, 0.05) is 23.0 Å². The van der Waals surface area contributed by atoms with Gasteiger partial charge >= 0.3 is 0 Å². The molecule has 2 aromatic rings. The highest BCUT2D eigenvalue weighted by Crippen LogP contribution is 2.26. The van der Waals surface area contributed by atoms with Crippen molar-refractivity contribution in [3.05, 3.63) is 36.4 Å². The summed E-state index contributed by atoms with van der Waals surface area (Å²) >= 11 is 1.70. The molecule has 5 heteroatoms. The predicted octanol–water partition coefficient (Wildman–Crippen LogP) is 3.51. The van der Waals surface area contributed by atoms with Crippen LogP contribution in [-0.2, 0) is 5.75 Å². The maximum absolute atomic E-state index is 5.87. The van der Waals surface area contributed by atoms with E-state index in [-0.39, 0.29) is 0 Å². The van der Waals surface area contributed by atoms with Gasteiger partial charge in [0.15, 0.2) is 0 Å². The molecule has 0 radical (unpaired) electrons. The van der Waals surface area contributed by atoms with Gasteiger partial charge in [0.05, 0.1) is 23.6 Å². The molecule has 2 N–H and O–H groups in total. The lowest BCUT2D eigenvalue weighted by Crippen LogP contribution is -2.07. The number of hydrogen-bond acceptors (Lipinski definition) is 4. The normalized spacial score (nSPS) is 11.1.